The fourth-order valence-corrected chi connectivity index (χ4v) is 2.50. The van der Waals surface area contributed by atoms with Crippen LogP contribution in [-0.4, -0.2) is 34.9 Å². The highest BCUT2D eigenvalue weighted by atomic mass is 28.3. The predicted octanol–water partition coefficient (Wildman–Crippen LogP) is 3.68. The third kappa shape index (κ3) is 12.6. The Balaban J connectivity index is 0.000000384. The van der Waals surface area contributed by atoms with Gasteiger partial charge >= 0.3 is 9.53 Å². The summed E-state index contributed by atoms with van der Waals surface area (Å²) in [5.41, 5.74) is -0.0959. The van der Waals surface area contributed by atoms with E-state index in [2.05, 4.69) is 0 Å². The largest absolute Gasteiger partial charge is 0.488 e. The van der Waals surface area contributed by atoms with Crippen LogP contribution in [0, 0.1) is 0 Å². The fourth-order valence-electron chi connectivity index (χ4n) is 1.39. The Hall–Kier alpha value is -0.883. The molecule has 0 amide bonds. The van der Waals surface area contributed by atoms with E-state index in [1.807, 2.05) is 71.9 Å². The van der Waals surface area contributed by atoms with Gasteiger partial charge in [0, 0.05) is 19.8 Å². The lowest BCUT2D eigenvalue weighted by atomic mass is 10.2. The minimum atomic E-state index is -1.73. The molecule has 0 aliphatic carbocycles. The first kappa shape index (κ1) is 20.1. The van der Waals surface area contributed by atoms with Crippen molar-refractivity contribution >= 4 is 9.53 Å². The molecule has 0 saturated carbocycles. The first-order valence-electron chi connectivity index (χ1n) is 7.51. The summed E-state index contributed by atoms with van der Waals surface area (Å²) >= 11 is 0. The zero-order chi connectivity index (χ0) is 16.1. The minimum Gasteiger partial charge on any atom is -0.488 e. The van der Waals surface area contributed by atoms with E-state index in [-0.39, 0.29) is 5.60 Å². The summed E-state index contributed by atoms with van der Waals surface area (Å²) in [6.45, 7) is 14.0. The Morgan fingerprint density at radius 1 is 0.810 bits per heavy atom. The molecule has 0 aromatic heterocycles. The first-order valence-corrected chi connectivity index (χ1v) is 8.93. The number of para-hydroxylation sites is 1. The molecule has 0 heterocycles. The van der Waals surface area contributed by atoms with Gasteiger partial charge in [0.05, 0.1) is 0 Å². The lowest BCUT2D eigenvalue weighted by Gasteiger charge is -2.20. The molecule has 122 valence electrons. The van der Waals surface area contributed by atoms with Crippen molar-refractivity contribution in [3.8, 4) is 5.75 Å². The van der Waals surface area contributed by atoms with Gasteiger partial charge in [-0.15, -0.1) is 0 Å². The molecule has 1 aromatic rings. The van der Waals surface area contributed by atoms with Crippen molar-refractivity contribution in [2.75, 3.05) is 19.8 Å². The van der Waals surface area contributed by atoms with E-state index in [4.69, 9.17) is 18.0 Å². The van der Waals surface area contributed by atoms with Crippen molar-refractivity contribution in [1.29, 1.82) is 0 Å². The maximum Gasteiger partial charge on any atom is 0.484 e. The highest BCUT2D eigenvalue weighted by molar-refractivity contribution is 6.36. The van der Waals surface area contributed by atoms with Gasteiger partial charge in [-0.3, -0.25) is 0 Å². The first-order chi connectivity index (χ1) is 9.92. The zero-order valence-electron chi connectivity index (χ0n) is 14.2. The molecule has 0 spiro atoms. The van der Waals surface area contributed by atoms with E-state index in [9.17, 15) is 0 Å². The van der Waals surface area contributed by atoms with Crippen LogP contribution in [0.25, 0.3) is 0 Å². The average Bonchev–Trinajstić information content (AvgIpc) is 2.39. The second-order valence-electron chi connectivity index (χ2n) is 5.18. The lowest BCUT2D eigenvalue weighted by molar-refractivity contribution is 0.107. The number of hydrogen-bond donors (Lipinski definition) is 0. The molecule has 0 aliphatic rings. The predicted molar refractivity (Wildman–Crippen MR) is 88.9 cm³/mol. The van der Waals surface area contributed by atoms with Crippen LogP contribution in [0.3, 0.4) is 0 Å². The van der Waals surface area contributed by atoms with E-state index >= 15 is 0 Å². The van der Waals surface area contributed by atoms with Gasteiger partial charge in [-0.2, -0.15) is 0 Å². The third-order valence-electron chi connectivity index (χ3n) is 2.08. The van der Waals surface area contributed by atoms with Crippen molar-refractivity contribution in [3.63, 3.8) is 0 Å². The van der Waals surface area contributed by atoms with E-state index in [0.29, 0.717) is 19.8 Å². The molecule has 0 saturated heterocycles. The van der Waals surface area contributed by atoms with Crippen LogP contribution in [-0.2, 0) is 13.3 Å². The average molecular weight is 314 g/mol. The maximum absolute atomic E-state index is 5.60. The van der Waals surface area contributed by atoms with Gasteiger partial charge in [0.2, 0.25) is 0 Å². The van der Waals surface area contributed by atoms with Crippen molar-refractivity contribution < 1.29 is 18.0 Å². The summed E-state index contributed by atoms with van der Waals surface area (Å²) in [7, 11) is -1.73. The van der Waals surface area contributed by atoms with Crippen LogP contribution >= 0.6 is 0 Å². The quantitative estimate of drug-likeness (QED) is 0.720. The van der Waals surface area contributed by atoms with E-state index in [0.717, 1.165) is 5.75 Å². The molecule has 0 N–H and O–H groups in total. The molecule has 0 atom stereocenters. The van der Waals surface area contributed by atoms with Gasteiger partial charge in [-0.25, -0.2) is 0 Å². The summed E-state index contributed by atoms with van der Waals surface area (Å²) in [6, 6.07) is 9.86. The second kappa shape index (κ2) is 11.7. The molecule has 0 fully saturated rings. The van der Waals surface area contributed by atoms with Crippen LogP contribution in [0.4, 0.5) is 0 Å². The Labute approximate surface area is 131 Å². The molecule has 0 bridgehead atoms. The van der Waals surface area contributed by atoms with Crippen LogP contribution in [0.1, 0.15) is 41.5 Å². The number of rotatable bonds is 7. The van der Waals surface area contributed by atoms with Gasteiger partial charge in [0.25, 0.3) is 0 Å². The normalized spacial score (nSPS) is 11.0. The summed E-state index contributed by atoms with van der Waals surface area (Å²) in [5, 5.41) is 0. The highest BCUT2D eigenvalue weighted by Gasteiger charge is 2.11. The second-order valence-corrected chi connectivity index (χ2v) is 6.76. The molecule has 1 aromatic carbocycles. The maximum atomic E-state index is 5.60. The van der Waals surface area contributed by atoms with Gasteiger partial charge in [-0.1, -0.05) is 18.2 Å². The molecule has 0 aliphatic heterocycles. The van der Waals surface area contributed by atoms with Crippen molar-refractivity contribution in [2.45, 2.75) is 47.1 Å². The van der Waals surface area contributed by atoms with Crippen molar-refractivity contribution in [3.05, 3.63) is 30.3 Å². The van der Waals surface area contributed by atoms with Crippen molar-refractivity contribution in [1.82, 2.24) is 0 Å². The molecule has 5 heteroatoms. The molecule has 0 radical (unpaired) electrons. The SMILES string of the molecule is CC(C)(C)Oc1ccccc1.CCO[SiH](OCC)OCC. The van der Waals surface area contributed by atoms with Gasteiger partial charge in [0.15, 0.2) is 0 Å². The summed E-state index contributed by atoms with van der Waals surface area (Å²) in [6.07, 6.45) is 0. The molecule has 4 nitrogen and oxygen atoms in total. The molecule has 1 rings (SSSR count). The van der Waals surface area contributed by atoms with E-state index in [1.54, 1.807) is 0 Å². The van der Waals surface area contributed by atoms with Crippen LogP contribution in [0.5, 0.6) is 5.75 Å². The Morgan fingerprint density at radius 2 is 1.24 bits per heavy atom. The van der Waals surface area contributed by atoms with E-state index in [1.165, 1.54) is 0 Å². The van der Waals surface area contributed by atoms with Gasteiger partial charge < -0.3 is 18.0 Å². The molecule has 0 unspecified atom stereocenters. The van der Waals surface area contributed by atoms with Gasteiger partial charge in [-0.05, 0) is 53.7 Å². The van der Waals surface area contributed by atoms with E-state index < -0.39 is 9.53 Å². The number of ether oxygens (including phenoxy) is 1. The third-order valence-corrected chi connectivity index (χ3v) is 3.89. The molecular weight excluding hydrogens is 284 g/mol. The van der Waals surface area contributed by atoms with Gasteiger partial charge in [0.1, 0.15) is 11.4 Å². The van der Waals surface area contributed by atoms with Crippen LogP contribution < -0.4 is 4.74 Å². The van der Waals surface area contributed by atoms with Crippen LogP contribution in [0.2, 0.25) is 0 Å². The van der Waals surface area contributed by atoms with Crippen LogP contribution in [0.15, 0.2) is 30.3 Å². The number of benzene rings is 1. The Bertz CT molecular complexity index is 324. The summed E-state index contributed by atoms with van der Waals surface area (Å²) in [5.74, 6) is 0.931. The zero-order valence-corrected chi connectivity index (χ0v) is 15.4. The highest BCUT2D eigenvalue weighted by Crippen LogP contribution is 2.16. The minimum absolute atomic E-state index is 0.0959. The Kier molecular flexibility index (Phi) is 11.2. The standard InChI is InChI=1S/C10H14O.C6H16O3Si/c1-10(2,3)11-9-7-5-4-6-8-9;1-4-7-10(8-5-2)9-6-3/h4-8H,1-3H3;10H,4-6H2,1-3H3. The number of hydrogen-bond acceptors (Lipinski definition) is 4. The smallest absolute Gasteiger partial charge is 0.484 e. The molecular formula is C16H30O4Si. The summed E-state index contributed by atoms with van der Waals surface area (Å²) < 4.78 is 21.3. The Morgan fingerprint density at radius 3 is 1.57 bits per heavy atom. The lowest BCUT2D eigenvalue weighted by Crippen LogP contribution is -2.27. The monoisotopic (exact) mass is 314 g/mol. The fraction of sp³-hybridized carbons (Fsp3) is 0.625. The topological polar surface area (TPSA) is 36.9 Å². The summed E-state index contributed by atoms with van der Waals surface area (Å²) in [4.78, 5) is 0. The molecule has 21 heavy (non-hydrogen) atoms. The van der Waals surface area contributed by atoms with Crippen molar-refractivity contribution in [2.24, 2.45) is 0 Å².